The maximum Gasteiger partial charge on any atom is 0.417 e. The van der Waals surface area contributed by atoms with Gasteiger partial charge in [0.15, 0.2) is 0 Å². The molecule has 1 saturated heterocycles. The summed E-state index contributed by atoms with van der Waals surface area (Å²) in [6.07, 6.45) is -4.53. The second-order valence-electron chi connectivity index (χ2n) is 4.47. The molecule has 0 saturated carbocycles. The highest BCUT2D eigenvalue weighted by Crippen LogP contribution is 2.34. The lowest BCUT2D eigenvalue weighted by Gasteiger charge is -2.33. The van der Waals surface area contributed by atoms with Gasteiger partial charge in [-0.2, -0.15) is 18.4 Å². The predicted octanol–water partition coefficient (Wildman–Crippen LogP) is 2.80. The minimum absolute atomic E-state index is 0.0151. The SMILES string of the molecule is CC1CN(c2ccc(C#N)c(C(F)(F)F)c2)CCO1. The van der Waals surface area contributed by atoms with Crippen LogP contribution in [-0.4, -0.2) is 25.8 Å². The van der Waals surface area contributed by atoms with E-state index in [2.05, 4.69) is 0 Å². The molecule has 3 nitrogen and oxygen atoms in total. The summed E-state index contributed by atoms with van der Waals surface area (Å²) in [5, 5.41) is 8.74. The van der Waals surface area contributed by atoms with E-state index in [0.717, 1.165) is 6.07 Å². The molecule has 0 radical (unpaired) electrons. The van der Waals surface area contributed by atoms with Crippen molar-refractivity contribution in [1.29, 1.82) is 5.26 Å². The van der Waals surface area contributed by atoms with E-state index in [1.807, 2.05) is 11.8 Å². The first kappa shape index (κ1) is 13.7. The fraction of sp³-hybridized carbons (Fsp3) is 0.462. The van der Waals surface area contributed by atoms with Gasteiger partial charge >= 0.3 is 6.18 Å². The first-order chi connectivity index (χ1) is 8.91. The fourth-order valence-corrected chi connectivity index (χ4v) is 2.11. The van der Waals surface area contributed by atoms with Crippen molar-refractivity contribution in [3.05, 3.63) is 29.3 Å². The number of hydrogen-bond donors (Lipinski definition) is 0. The van der Waals surface area contributed by atoms with Crippen LogP contribution >= 0.6 is 0 Å². The second-order valence-corrected chi connectivity index (χ2v) is 4.47. The molecule has 1 heterocycles. The molecule has 1 unspecified atom stereocenters. The molecule has 1 aliphatic rings. The Morgan fingerprint density at radius 1 is 1.42 bits per heavy atom. The number of alkyl halides is 3. The molecule has 1 atom stereocenters. The fourth-order valence-electron chi connectivity index (χ4n) is 2.11. The molecule has 19 heavy (non-hydrogen) atoms. The molecule has 1 aliphatic heterocycles. The van der Waals surface area contributed by atoms with Crippen molar-refractivity contribution in [2.24, 2.45) is 0 Å². The number of nitriles is 1. The molecular weight excluding hydrogens is 257 g/mol. The summed E-state index contributed by atoms with van der Waals surface area (Å²) in [6.45, 7) is 3.46. The highest BCUT2D eigenvalue weighted by Gasteiger charge is 2.34. The Hall–Kier alpha value is -1.74. The molecule has 1 fully saturated rings. The van der Waals surface area contributed by atoms with Crippen molar-refractivity contribution in [1.82, 2.24) is 0 Å². The average Bonchev–Trinajstić information content (AvgIpc) is 2.37. The third kappa shape index (κ3) is 2.99. The Labute approximate surface area is 109 Å². The van der Waals surface area contributed by atoms with E-state index in [1.54, 1.807) is 12.1 Å². The van der Waals surface area contributed by atoms with Crippen molar-refractivity contribution >= 4 is 5.69 Å². The summed E-state index contributed by atoms with van der Waals surface area (Å²) < 4.78 is 44.0. The minimum atomic E-state index is -4.51. The van der Waals surface area contributed by atoms with Crippen LogP contribution in [0, 0.1) is 11.3 Å². The lowest BCUT2D eigenvalue weighted by atomic mass is 10.1. The summed E-state index contributed by atoms with van der Waals surface area (Å²) in [4.78, 5) is 1.84. The average molecular weight is 270 g/mol. The number of rotatable bonds is 1. The van der Waals surface area contributed by atoms with E-state index in [4.69, 9.17) is 10.00 Å². The molecule has 0 amide bonds. The molecule has 0 N–H and O–H groups in total. The molecule has 2 rings (SSSR count). The zero-order valence-corrected chi connectivity index (χ0v) is 10.4. The van der Waals surface area contributed by atoms with Crippen molar-refractivity contribution in [3.63, 3.8) is 0 Å². The van der Waals surface area contributed by atoms with Crippen molar-refractivity contribution in [2.75, 3.05) is 24.6 Å². The minimum Gasteiger partial charge on any atom is -0.375 e. The number of morpholine rings is 1. The Morgan fingerprint density at radius 2 is 2.16 bits per heavy atom. The summed E-state index contributed by atoms with van der Waals surface area (Å²) in [7, 11) is 0. The summed E-state index contributed by atoms with van der Waals surface area (Å²) >= 11 is 0. The second kappa shape index (κ2) is 5.10. The van der Waals surface area contributed by atoms with Crippen LogP contribution in [0.4, 0.5) is 18.9 Å². The topological polar surface area (TPSA) is 36.3 Å². The molecular formula is C13H13F3N2O. The van der Waals surface area contributed by atoms with E-state index in [9.17, 15) is 13.2 Å². The van der Waals surface area contributed by atoms with E-state index in [-0.39, 0.29) is 11.7 Å². The molecule has 0 spiro atoms. The van der Waals surface area contributed by atoms with Gasteiger partial charge in [-0.3, -0.25) is 0 Å². The van der Waals surface area contributed by atoms with Crippen LogP contribution in [-0.2, 0) is 10.9 Å². The number of nitrogens with zero attached hydrogens (tertiary/aromatic N) is 2. The van der Waals surface area contributed by atoms with Gasteiger partial charge in [0.05, 0.1) is 29.9 Å². The van der Waals surface area contributed by atoms with Crippen LogP contribution in [0.15, 0.2) is 18.2 Å². The highest BCUT2D eigenvalue weighted by molar-refractivity contribution is 5.55. The molecule has 0 bridgehead atoms. The van der Waals surface area contributed by atoms with Gasteiger partial charge < -0.3 is 9.64 Å². The predicted molar refractivity (Wildman–Crippen MR) is 63.8 cm³/mol. The Balaban J connectivity index is 2.35. The van der Waals surface area contributed by atoms with E-state index in [1.165, 1.54) is 6.07 Å². The van der Waals surface area contributed by atoms with Crippen LogP contribution < -0.4 is 4.90 Å². The number of anilines is 1. The van der Waals surface area contributed by atoms with E-state index < -0.39 is 11.7 Å². The standard InChI is InChI=1S/C13H13F3N2O/c1-9-8-18(4-5-19-9)11-3-2-10(7-17)12(6-11)13(14,15)16/h2-3,6,9H,4-5,8H2,1H3. The Bertz CT molecular complexity index is 508. The number of ether oxygens (including phenoxy) is 1. The Kier molecular flexibility index (Phi) is 3.67. The quantitative estimate of drug-likeness (QED) is 0.787. The van der Waals surface area contributed by atoms with Crippen molar-refractivity contribution in [2.45, 2.75) is 19.2 Å². The van der Waals surface area contributed by atoms with Gasteiger partial charge in [0.2, 0.25) is 0 Å². The molecule has 0 aromatic heterocycles. The molecule has 6 heteroatoms. The van der Waals surface area contributed by atoms with Gasteiger partial charge in [0.1, 0.15) is 0 Å². The molecule has 1 aromatic carbocycles. The van der Waals surface area contributed by atoms with Gasteiger partial charge in [0, 0.05) is 18.8 Å². The van der Waals surface area contributed by atoms with Crippen LogP contribution in [0.1, 0.15) is 18.1 Å². The van der Waals surface area contributed by atoms with E-state index >= 15 is 0 Å². The van der Waals surface area contributed by atoms with Gasteiger partial charge in [-0.25, -0.2) is 0 Å². The molecule has 0 aliphatic carbocycles. The lowest BCUT2D eigenvalue weighted by Crippen LogP contribution is -2.41. The van der Waals surface area contributed by atoms with Crippen molar-refractivity contribution in [3.8, 4) is 6.07 Å². The smallest absolute Gasteiger partial charge is 0.375 e. The molecule has 1 aromatic rings. The maximum atomic E-state index is 12.9. The number of halogens is 3. The van der Waals surface area contributed by atoms with Gasteiger partial charge in [0.25, 0.3) is 0 Å². The van der Waals surface area contributed by atoms with Crippen LogP contribution in [0.3, 0.4) is 0 Å². The van der Waals surface area contributed by atoms with Crippen molar-refractivity contribution < 1.29 is 17.9 Å². The van der Waals surface area contributed by atoms with Gasteiger partial charge in [-0.05, 0) is 25.1 Å². The van der Waals surface area contributed by atoms with Crippen LogP contribution in [0.5, 0.6) is 0 Å². The van der Waals surface area contributed by atoms with Crippen LogP contribution in [0.25, 0.3) is 0 Å². The third-order valence-corrected chi connectivity index (χ3v) is 3.04. The van der Waals surface area contributed by atoms with Gasteiger partial charge in [-0.1, -0.05) is 0 Å². The highest BCUT2D eigenvalue weighted by atomic mass is 19.4. The lowest BCUT2D eigenvalue weighted by molar-refractivity contribution is -0.137. The third-order valence-electron chi connectivity index (χ3n) is 3.04. The summed E-state index contributed by atoms with van der Waals surface area (Å²) in [6, 6.07) is 5.38. The zero-order chi connectivity index (χ0) is 14.0. The first-order valence-electron chi connectivity index (χ1n) is 5.89. The molecule has 102 valence electrons. The zero-order valence-electron chi connectivity index (χ0n) is 10.4. The first-order valence-corrected chi connectivity index (χ1v) is 5.89. The Morgan fingerprint density at radius 3 is 2.74 bits per heavy atom. The summed E-state index contributed by atoms with van der Waals surface area (Å²) in [5.74, 6) is 0. The number of benzene rings is 1. The van der Waals surface area contributed by atoms with Crippen LogP contribution in [0.2, 0.25) is 0 Å². The number of hydrogen-bond acceptors (Lipinski definition) is 3. The normalized spacial score (nSPS) is 20.2. The monoisotopic (exact) mass is 270 g/mol. The van der Waals surface area contributed by atoms with E-state index in [0.29, 0.717) is 25.4 Å². The summed E-state index contributed by atoms with van der Waals surface area (Å²) in [5.41, 5.74) is -0.759. The largest absolute Gasteiger partial charge is 0.417 e. The van der Waals surface area contributed by atoms with Gasteiger partial charge in [-0.15, -0.1) is 0 Å². The maximum absolute atomic E-state index is 12.9.